The Balaban J connectivity index is 2.65. The van der Waals surface area contributed by atoms with E-state index in [2.05, 4.69) is 12.2 Å². The third-order valence-electron chi connectivity index (χ3n) is 1.17. The van der Waals surface area contributed by atoms with Gasteiger partial charge in [-0.1, -0.05) is 6.92 Å². The molecule has 0 aromatic carbocycles. The van der Waals surface area contributed by atoms with Crippen LogP contribution in [0.5, 0.6) is 0 Å². The predicted molar refractivity (Wildman–Crippen MR) is 43.0 cm³/mol. The molecule has 0 fully saturated rings. The van der Waals surface area contributed by atoms with Gasteiger partial charge in [0.25, 0.3) is 0 Å². The zero-order valence-electron chi connectivity index (χ0n) is 6.73. The number of rotatable bonds is 7. The molecule has 0 heterocycles. The minimum atomic E-state index is 0.723. The Kier molecular flexibility index (Phi) is 8.77. The second-order valence-corrected chi connectivity index (χ2v) is 2.11. The van der Waals surface area contributed by atoms with Gasteiger partial charge in [0, 0.05) is 13.2 Å². The zero-order valence-corrected chi connectivity index (χ0v) is 6.73. The molecule has 10 heavy (non-hydrogen) atoms. The number of hydrogen-bond donors (Lipinski definition) is 2. The minimum Gasteiger partial charge on any atom is -0.380 e. The van der Waals surface area contributed by atoms with Gasteiger partial charge in [0.15, 0.2) is 0 Å². The van der Waals surface area contributed by atoms with Crippen LogP contribution in [0.2, 0.25) is 0 Å². The van der Waals surface area contributed by atoms with Gasteiger partial charge < -0.3 is 15.8 Å². The fraction of sp³-hybridized carbons (Fsp3) is 1.00. The molecule has 0 aliphatic rings. The van der Waals surface area contributed by atoms with Crippen LogP contribution in [0.4, 0.5) is 0 Å². The second-order valence-electron chi connectivity index (χ2n) is 2.11. The third kappa shape index (κ3) is 7.88. The molecule has 62 valence electrons. The van der Waals surface area contributed by atoms with E-state index in [1.165, 1.54) is 0 Å². The standard InChI is InChI=1S/C7H18N2O/c1-2-9-5-7-10-6-3-4-8/h9H,2-8H2,1H3. The first-order valence-electron chi connectivity index (χ1n) is 3.90. The molecular weight excluding hydrogens is 128 g/mol. The highest BCUT2D eigenvalue weighted by Crippen LogP contribution is 1.77. The number of hydrogen-bond acceptors (Lipinski definition) is 3. The van der Waals surface area contributed by atoms with Crippen LogP contribution in [-0.2, 0) is 4.74 Å². The first kappa shape index (κ1) is 9.88. The molecule has 0 aliphatic heterocycles. The molecule has 0 aliphatic carbocycles. The van der Waals surface area contributed by atoms with Gasteiger partial charge in [-0.15, -0.1) is 0 Å². The highest BCUT2D eigenvalue weighted by Gasteiger charge is 1.85. The van der Waals surface area contributed by atoms with Crippen molar-refractivity contribution in [2.45, 2.75) is 13.3 Å². The first-order valence-corrected chi connectivity index (χ1v) is 3.90. The molecule has 0 saturated carbocycles. The summed E-state index contributed by atoms with van der Waals surface area (Å²) >= 11 is 0. The number of nitrogens with two attached hydrogens (primary N) is 1. The largest absolute Gasteiger partial charge is 0.380 e. The van der Waals surface area contributed by atoms with Gasteiger partial charge in [-0.3, -0.25) is 0 Å². The highest BCUT2D eigenvalue weighted by molar-refractivity contribution is 4.41. The van der Waals surface area contributed by atoms with E-state index in [1.807, 2.05) is 0 Å². The molecular formula is C7H18N2O. The van der Waals surface area contributed by atoms with E-state index in [1.54, 1.807) is 0 Å². The molecule has 0 aromatic rings. The maximum absolute atomic E-state index is 5.27. The van der Waals surface area contributed by atoms with Crippen molar-refractivity contribution in [1.29, 1.82) is 0 Å². The van der Waals surface area contributed by atoms with E-state index in [4.69, 9.17) is 10.5 Å². The number of likely N-dealkylation sites (N-methyl/N-ethyl adjacent to an activating group) is 1. The van der Waals surface area contributed by atoms with Crippen molar-refractivity contribution in [2.75, 3.05) is 32.8 Å². The lowest BCUT2D eigenvalue weighted by Crippen LogP contribution is -2.19. The molecule has 3 heteroatoms. The van der Waals surface area contributed by atoms with E-state index in [0.717, 1.165) is 39.3 Å². The summed E-state index contributed by atoms with van der Waals surface area (Å²) in [5.74, 6) is 0. The van der Waals surface area contributed by atoms with E-state index >= 15 is 0 Å². The molecule has 0 aromatic heterocycles. The van der Waals surface area contributed by atoms with Crippen molar-refractivity contribution in [3.63, 3.8) is 0 Å². The van der Waals surface area contributed by atoms with Gasteiger partial charge in [-0.25, -0.2) is 0 Å². The van der Waals surface area contributed by atoms with Crippen LogP contribution in [0, 0.1) is 0 Å². The van der Waals surface area contributed by atoms with Crippen LogP contribution < -0.4 is 11.1 Å². The summed E-state index contributed by atoms with van der Waals surface area (Å²) in [4.78, 5) is 0. The average molecular weight is 146 g/mol. The maximum atomic E-state index is 5.27. The van der Waals surface area contributed by atoms with Gasteiger partial charge in [0.1, 0.15) is 0 Å². The Morgan fingerprint density at radius 2 is 2.20 bits per heavy atom. The fourth-order valence-electron chi connectivity index (χ4n) is 0.609. The number of nitrogens with one attached hydrogen (secondary N) is 1. The van der Waals surface area contributed by atoms with Crippen molar-refractivity contribution in [1.82, 2.24) is 5.32 Å². The van der Waals surface area contributed by atoms with Gasteiger partial charge in [-0.2, -0.15) is 0 Å². The van der Waals surface area contributed by atoms with Gasteiger partial charge >= 0.3 is 0 Å². The summed E-state index contributed by atoms with van der Waals surface area (Å²) in [6.45, 7) is 6.36. The lowest BCUT2D eigenvalue weighted by Gasteiger charge is -2.02. The van der Waals surface area contributed by atoms with Gasteiger partial charge in [0.2, 0.25) is 0 Å². The normalized spacial score (nSPS) is 10.2. The minimum absolute atomic E-state index is 0.723. The summed E-state index contributed by atoms with van der Waals surface area (Å²) in [6, 6.07) is 0. The van der Waals surface area contributed by atoms with E-state index in [0.29, 0.717) is 0 Å². The van der Waals surface area contributed by atoms with Crippen LogP contribution in [0.25, 0.3) is 0 Å². The Morgan fingerprint density at radius 1 is 1.40 bits per heavy atom. The average Bonchev–Trinajstić information content (AvgIpc) is 1.97. The van der Waals surface area contributed by atoms with Gasteiger partial charge in [0.05, 0.1) is 6.61 Å². The molecule has 3 N–H and O–H groups in total. The maximum Gasteiger partial charge on any atom is 0.0590 e. The molecule has 0 bridgehead atoms. The Morgan fingerprint density at radius 3 is 2.80 bits per heavy atom. The highest BCUT2D eigenvalue weighted by atomic mass is 16.5. The molecule has 0 spiro atoms. The Labute approximate surface area is 62.9 Å². The van der Waals surface area contributed by atoms with Crippen molar-refractivity contribution >= 4 is 0 Å². The molecule has 3 nitrogen and oxygen atoms in total. The molecule has 0 amide bonds. The van der Waals surface area contributed by atoms with Crippen LogP contribution in [0.15, 0.2) is 0 Å². The lowest BCUT2D eigenvalue weighted by atomic mass is 10.5. The summed E-state index contributed by atoms with van der Waals surface area (Å²) in [7, 11) is 0. The molecule has 0 radical (unpaired) electrons. The lowest BCUT2D eigenvalue weighted by molar-refractivity contribution is 0.135. The van der Waals surface area contributed by atoms with Crippen molar-refractivity contribution in [3.8, 4) is 0 Å². The Bertz CT molecular complexity index is 51.6. The topological polar surface area (TPSA) is 47.3 Å². The summed E-state index contributed by atoms with van der Waals surface area (Å²) in [5.41, 5.74) is 5.27. The molecule has 0 atom stereocenters. The van der Waals surface area contributed by atoms with Crippen molar-refractivity contribution in [2.24, 2.45) is 5.73 Å². The predicted octanol–water partition coefficient (Wildman–Crippen LogP) is -0.0387. The van der Waals surface area contributed by atoms with Gasteiger partial charge in [-0.05, 0) is 19.5 Å². The fourth-order valence-corrected chi connectivity index (χ4v) is 0.609. The van der Waals surface area contributed by atoms with Crippen LogP contribution in [0.3, 0.4) is 0 Å². The summed E-state index contributed by atoms with van der Waals surface area (Å²) in [5, 5.41) is 3.17. The van der Waals surface area contributed by atoms with Crippen LogP contribution in [0.1, 0.15) is 13.3 Å². The zero-order chi connectivity index (χ0) is 7.66. The molecule has 0 rings (SSSR count). The monoisotopic (exact) mass is 146 g/mol. The first-order chi connectivity index (χ1) is 4.91. The van der Waals surface area contributed by atoms with Crippen molar-refractivity contribution < 1.29 is 4.74 Å². The summed E-state index contributed by atoms with van der Waals surface area (Å²) in [6.07, 6.45) is 0.964. The third-order valence-corrected chi connectivity index (χ3v) is 1.17. The second kappa shape index (κ2) is 8.88. The van der Waals surface area contributed by atoms with E-state index < -0.39 is 0 Å². The Hall–Kier alpha value is -0.120. The number of ether oxygens (including phenoxy) is 1. The van der Waals surface area contributed by atoms with Crippen molar-refractivity contribution in [3.05, 3.63) is 0 Å². The quantitative estimate of drug-likeness (QED) is 0.495. The van der Waals surface area contributed by atoms with Crippen LogP contribution in [-0.4, -0.2) is 32.8 Å². The smallest absolute Gasteiger partial charge is 0.0590 e. The molecule has 0 unspecified atom stereocenters. The SMILES string of the molecule is CCNCCOCCCN. The van der Waals surface area contributed by atoms with Crippen LogP contribution >= 0.6 is 0 Å². The molecule has 0 saturated heterocycles. The van der Waals surface area contributed by atoms with E-state index in [-0.39, 0.29) is 0 Å². The van der Waals surface area contributed by atoms with E-state index in [9.17, 15) is 0 Å². The summed E-state index contributed by atoms with van der Waals surface area (Å²) < 4.78 is 5.23.